The van der Waals surface area contributed by atoms with E-state index in [1.807, 2.05) is 0 Å². The Morgan fingerprint density at radius 1 is 0.615 bits per heavy atom. The number of unbranched alkanes of at least 4 members (excludes halogenated alkanes) is 8. The van der Waals surface area contributed by atoms with Crippen molar-refractivity contribution in [2.24, 2.45) is 0 Å². The predicted octanol–water partition coefficient (Wildman–Crippen LogP) is 3.04. The van der Waals surface area contributed by atoms with E-state index >= 15 is 0 Å². The molecule has 0 amide bonds. The van der Waals surface area contributed by atoms with Crippen LogP contribution in [0.1, 0.15) is 57.8 Å². The fourth-order valence-corrected chi connectivity index (χ4v) is 1.66. The minimum atomic E-state index is 0.360. The minimum absolute atomic E-state index is 0.360. The highest BCUT2D eigenvalue weighted by Crippen LogP contribution is 2.09. The molecule has 0 saturated heterocycles. The number of aliphatic hydroxyl groups is 1. The van der Waals surface area contributed by atoms with Crippen LogP contribution in [0.5, 0.6) is 0 Å². The fourth-order valence-electron chi connectivity index (χ4n) is 1.45. The van der Waals surface area contributed by atoms with Gasteiger partial charge in [0.1, 0.15) is 0 Å². The van der Waals surface area contributed by atoms with E-state index in [2.05, 4.69) is 0 Å². The topological polar surface area (TPSA) is 20.2 Å². The third-order valence-corrected chi connectivity index (χ3v) is 2.59. The maximum Gasteiger partial charge on any atom is 0.0431 e. The van der Waals surface area contributed by atoms with Crippen molar-refractivity contribution in [3.05, 3.63) is 0 Å². The summed E-state index contributed by atoms with van der Waals surface area (Å²) in [6.45, 7) is 0.360. The molecule has 0 bridgehead atoms. The highest BCUT2D eigenvalue weighted by molar-refractivity contribution is 7.58. The second-order valence-corrected chi connectivity index (χ2v) is 4.02. The highest BCUT2D eigenvalue weighted by Gasteiger charge is 1.90. The highest BCUT2D eigenvalue weighted by atomic mass is 32.1. The van der Waals surface area contributed by atoms with E-state index in [-0.39, 0.29) is 0 Å². The lowest BCUT2D eigenvalue weighted by Crippen LogP contribution is -1.85. The molecule has 0 unspecified atom stereocenters. The van der Waals surface area contributed by atoms with Gasteiger partial charge >= 0.3 is 0 Å². The number of aliphatic hydroxyl groups excluding tert-OH is 1. The van der Waals surface area contributed by atoms with E-state index in [0.29, 0.717) is 6.61 Å². The van der Waals surface area contributed by atoms with E-state index in [1.54, 1.807) is 0 Å². The van der Waals surface area contributed by atoms with Crippen molar-refractivity contribution in [3.8, 4) is 0 Å². The molecule has 1 nitrogen and oxygen atoms in total. The molecule has 1 N–H and O–H groups in total. The van der Waals surface area contributed by atoms with Crippen molar-refractivity contribution >= 4 is 12.6 Å². The molecule has 0 atom stereocenters. The lowest BCUT2D eigenvalue weighted by atomic mass is 10.1. The van der Waals surface area contributed by atoms with E-state index in [9.17, 15) is 0 Å². The summed E-state index contributed by atoms with van der Waals surface area (Å²) >= 11 is 4.88. The molecule has 0 rings (SSSR count). The summed E-state index contributed by atoms with van der Waals surface area (Å²) in [5.74, 6) is 0.927. The van der Waals surface area contributed by atoms with Crippen LogP contribution in [-0.4, -0.2) is 17.5 Å². The Bertz CT molecular complexity index is 76.2. The van der Waals surface area contributed by atoms with Crippen molar-refractivity contribution in [2.45, 2.75) is 57.8 Å². The Hall–Kier alpha value is 0.310. The number of hydrogen-bond acceptors (Lipinski definition) is 2. The molecule has 0 aromatic heterocycles. The first-order chi connectivity index (χ1) is 6.41. The van der Waals surface area contributed by atoms with Gasteiger partial charge in [-0.05, 0) is 6.42 Å². The first-order valence-electron chi connectivity index (χ1n) is 5.60. The fraction of sp³-hybridized carbons (Fsp3) is 1.00. The van der Waals surface area contributed by atoms with Crippen LogP contribution in [-0.2, 0) is 12.6 Å². The first-order valence-corrected chi connectivity index (χ1v) is 6.18. The molecule has 80 valence electrons. The Balaban J connectivity index is 2.76. The van der Waals surface area contributed by atoms with Crippen LogP contribution in [0.4, 0.5) is 0 Å². The van der Waals surface area contributed by atoms with Gasteiger partial charge in [0.05, 0.1) is 0 Å². The standard InChI is InChI=1S/C11H24OS/c12-10-8-6-4-2-1-3-5-7-9-11-13/h12-13H,1-11H2/p-1. The zero-order valence-electron chi connectivity index (χ0n) is 8.63. The lowest BCUT2D eigenvalue weighted by molar-refractivity contribution is 0.282. The molecule has 0 fully saturated rings. The largest absolute Gasteiger partial charge is 0.793 e. The molecule has 0 aromatic carbocycles. The number of hydrogen-bond donors (Lipinski definition) is 1. The monoisotopic (exact) mass is 203 g/mol. The van der Waals surface area contributed by atoms with Crippen LogP contribution in [0.25, 0.3) is 0 Å². The van der Waals surface area contributed by atoms with Crippen LogP contribution in [0.3, 0.4) is 0 Å². The Labute approximate surface area is 88.3 Å². The summed E-state index contributed by atoms with van der Waals surface area (Å²) in [6, 6.07) is 0. The molecule has 0 saturated carbocycles. The van der Waals surface area contributed by atoms with Crippen LogP contribution in [0.2, 0.25) is 0 Å². The first kappa shape index (κ1) is 13.3. The average Bonchev–Trinajstić information content (AvgIpc) is 2.16. The van der Waals surface area contributed by atoms with Crippen LogP contribution >= 0.6 is 0 Å². The van der Waals surface area contributed by atoms with Crippen molar-refractivity contribution in [1.29, 1.82) is 0 Å². The molecule has 0 spiro atoms. The summed E-state index contributed by atoms with van der Waals surface area (Å²) in [5.41, 5.74) is 0. The molecule has 0 aromatic rings. The maximum atomic E-state index is 8.56. The average molecular weight is 203 g/mol. The van der Waals surface area contributed by atoms with Crippen molar-refractivity contribution < 1.29 is 5.11 Å². The maximum absolute atomic E-state index is 8.56. The summed E-state index contributed by atoms with van der Waals surface area (Å²) in [7, 11) is 0. The van der Waals surface area contributed by atoms with Gasteiger partial charge in [0.15, 0.2) is 0 Å². The summed E-state index contributed by atoms with van der Waals surface area (Å²) in [5, 5.41) is 8.56. The zero-order chi connectivity index (χ0) is 9.78. The molecule has 0 aliphatic rings. The Kier molecular flexibility index (Phi) is 12.6. The van der Waals surface area contributed by atoms with E-state index in [0.717, 1.165) is 12.2 Å². The molecule has 0 heterocycles. The Morgan fingerprint density at radius 2 is 1.00 bits per heavy atom. The molecule has 0 aliphatic carbocycles. The van der Waals surface area contributed by atoms with Gasteiger partial charge in [0.25, 0.3) is 0 Å². The SMILES string of the molecule is OCCCCCCCCCCC[S-]. The van der Waals surface area contributed by atoms with Gasteiger partial charge in [-0.15, -0.1) is 0 Å². The summed E-state index contributed by atoms with van der Waals surface area (Å²) < 4.78 is 0. The van der Waals surface area contributed by atoms with Crippen molar-refractivity contribution in [1.82, 2.24) is 0 Å². The van der Waals surface area contributed by atoms with Crippen LogP contribution in [0, 0.1) is 0 Å². The lowest BCUT2D eigenvalue weighted by Gasteiger charge is -2.03. The van der Waals surface area contributed by atoms with Gasteiger partial charge in [0.2, 0.25) is 0 Å². The van der Waals surface area contributed by atoms with Gasteiger partial charge in [-0.3, -0.25) is 0 Å². The van der Waals surface area contributed by atoms with Crippen LogP contribution < -0.4 is 0 Å². The Morgan fingerprint density at radius 3 is 1.38 bits per heavy atom. The van der Waals surface area contributed by atoms with Gasteiger partial charge in [0, 0.05) is 6.61 Å². The van der Waals surface area contributed by atoms with Gasteiger partial charge in [-0.1, -0.05) is 51.4 Å². The molecular weight excluding hydrogens is 180 g/mol. The number of rotatable bonds is 10. The normalized spacial score (nSPS) is 10.6. The van der Waals surface area contributed by atoms with E-state index in [4.69, 9.17) is 17.7 Å². The molecular formula is C11H23OS-. The van der Waals surface area contributed by atoms with Gasteiger partial charge in [-0.2, -0.15) is 5.75 Å². The van der Waals surface area contributed by atoms with E-state index in [1.165, 1.54) is 51.4 Å². The summed E-state index contributed by atoms with van der Waals surface area (Å²) in [6.07, 6.45) is 11.4. The summed E-state index contributed by atoms with van der Waals surface area (Å²) in [4.78, 5) is 0. The second kappa shape index (κ2) is 12.3. The van der Waals surface area contributed by atoms with Crippen molar-refractivity contribution in [2.75, 3.05) is 12.4 Å². The van der Waals surface area contributed by atoms with Gasteiger partial charge < -0.3 is 17.7 Å². The molecule has 2 heteroatoms. The predicted molar refractivity (Wildman–Crippen MR) is 60.9 cm³/mol. The van der Waals surface area contributed by atoms with Gasteiger partial charge in [-0.25, -0.2) is 0 Å². The van der Waals surface area contributed by atoms with Crippen molar-refractivity contribution in [3.63, 3.8) is 0 Å². The smallest absolute Gasteiger partial charge is 0.0431 e. The third-order valence-electron chi connectivity index (χ3n) is 2.30. The van der Waals surface area contributed by atoms with Crippen LogP contribution in [0.15, 0.2) is 0 Å². The third kappa shape index (κ3) is 12.3. The quantitative estimate of drug-likeness (QED) is 0.435. The minimum Gasteiger partial charge on any atom is -0.793 e. The van der Waals surface area contributed by atoms with E-state index < -0.39 is 0 Å². The molecule has 0 radical (unpaired) electrons. The molecule has 0 aliphatic heterocycles. The second-order valence-electron chi connectivity index (χ2n) is 3.61. The molecule has 13 heavy (non-hydrogen) atoms. The zero-order valence-corrected chi connectivity index (χ0v) is 9.45.